The van der Waals surface area contributed by atoms with Crippen LogP contribution >= 0.6 is 11.3 Å². The fraction of sp³-hybridized carbons (Fsp3) is 0.200. The van der Waals surface area contributed by atoms with Crippen molar-refractivity contribution in [2.45, 2.75) is 12.6 Å². The number of fused-ring (bicyclic) bond motifs is 2. The number of halogens is 1. The molecule has 0 bridgehead atoms. The second-order valence-corrected chi connectivity index (χ2v) is 7.87. The third-order valence-electron chi connectivity index (χ3n) is 4.56. The lowest BCUT2D eigenvalue weighted by Gasteiger charge is -2.23. The maximum Gasteiger partial charge on any atom is 0.322 e. The highest BCUT2D eigenvalue weighted by atomic mass is 32.1. The molecule has 148 valence electrons. The largest absolute Gasteiger partial charge is 0.322 e. The van der Waals surface area contributed by atoms with Gasteiger partial charge in [-0.2, -0.15) is 0 Å². The van der Waals surface area contributed by atoms with Gasteiger partial charge in [-0.05, 0) is 36.9 Å². The van der Waals surface area contributed by atoms with Gasteiger partial charge >= 0.3 is 6.03 Å². The zero-order valence-electron chi connectivity index (χ0n) is 15.4. The molecule has 0 radical (unpaired) electrons. The zero-order chi connectivity index (χ0) is 20.5. The van der Waals surface area contributed by atoms with Crippen LogP contribution in [0, 0.1) is 5.82 Å². The van der Waals surface area contributed by atoms with Crippen LogP contribution in [0.2, 0.25) is 0 Å². The molecule has 1 aromatic heterocycles. The minimum absolute atomic E-state index is 0.00301. The number of urea groups is 1. The summed E-state index contributed by atoms with van der Waals surface area (Å²) < 4.78 is 13.8. The highest BCUT2D eigenvalue weighted by Crippen LogP contribution is 2.27. The van der Waals surface area contributed by atoms with Crippen LogP contribution in [0.3, 0.4) is 0 Å². The van der Waals surface area contributed by atoms with Crippen molar-refractivity contribution in [3.63, 3.8) is 0 Å². The van der Waals surface area contributed by atoms with Crippen molar-refractivity contribution in [1.29, 1.82) is 0 Å². The second-order valence-electron chi connectivity index (χ2n) is 6.81. The molecule has 1 saturated heterocycles. The number of carbonyl (C=O) groups is 3. The highest BCUT2D eigenvalue weighted by molar-refractivity contribution is 7.18. The Morgan fingerprint density at radius 3 is 2.66 bits per heavy atom. The Morgan fingerprint density at radius 1 is 1.14 bits per heavy atom. The molecule has 9 heteroatoms. The van der Waals surface area contributed by atoms with E-state index >= 15 is 0 Å². The summed E-state index contributed by atoms with van der Waals surface area (Å²) in [6.45, 7) is 1.11. The highest BCUT2D eigenvalue weighted by Gasteiger charge is 2.33. The first kappa shape index (κ1) is 19.2. The minimum Gasteiger partial charge on any atom is -0.320 e. The third-order valence-corrected chi connectivity index (χ3v) is 5.66. The number of benzene rings is 2. The average molecular weight is 412 g/mol. The lowest BCUT2D eigenvalue weighted by atomic mass is 9.99. The number of para-hydroxylation sites is 1. The summed E-state index contributed by atoms with van der Waals surface area (Å²) >= 11 is 1.41. The number of ketones is 1. The topological polar surface area (TPSA) is 91.4 Å². The van der Waals surface area contributed by atoms with Gasteiger partial charge in [-0.25, -0.2) is 14.2 Å². The van der Waals surface area contributed by atoms with Crippen LogP contribution in [-0.4, -0.2) is 41.2 Å². The molecule has 2 aromatic carbocycles. The summed E-state index contributed by atoms with van der Waals surface area (Å²) in [5, 5.41) is 5.33. The van der Waals surface area contributed by atoms with Gasteiger partial charge in [-0.1, -0.05) is 18.2 Å². The number of carbonyl (C=O) groups excluding carboxylic acids is 3. The Kier molecular flexibility index (Phi) is 5.08. The van der Waals surface area contributed by atoms with Crippen molar-refractivity contribution in [3.8, 4) is 0 Å². The number of hydrogen-bond acceptors (Lipinski definition) is 6. The van der Waals surface area contributed by atoms with Gasteiger partial charge < -0.3 is 5.32 Å². The summed E-state index contributed by atoms with van der Waals surface area (Å²) in [7, 11) is 1.88. The Hall–Kier alpha value is -3.17. The van der Waals surface area contributed by atoms with Gasteiger partial charge in [0.05, 0.1) is 16.8 Å². The molecule has 0 spiro atoms. The number of aromatic nitrogens is 1. The van der Waals surface area contributed by atoms with Crippen LogP contribution in [0.1, 0.15) is 27.0 Å². The lowest BCUT2D eigenvalue weighted by Crippen LogP contribution is -2.31. The quantitative estimate of drug-likeness (QED) is 0.600. The van der Waals surface area contributed by atoms with Gasteiger partial charge in [0.2, 0.25) is 0 Å². The number of rotatable bonds is 1. The van der Waals surface area contributed by atoms with Crippen LogP contribution in [0.15, 0.2) is 42.5 Å². The van der Waals surface area contributed by atoms with E-state index in [0.29, 0.717) is 17.1 Å². The van der Waals surface area contributed by atoms with E-state index in [4.69, 9.17) is 0 Å². The van der Waals surface area contributed by atoms with E-state index in [0.717, 1.165) is 22.3 Å². The fourth-order valence-corrected chi connectivity index (χ4v) is 4.25. The predicted molar refractivity (Wildman–Crippen MR) is 106 cm³/mol. The van der Waals surface area contributed by atoms with Crippen LogP contribution < -0.4 is 10.6 Å². The van der Waals surface area contributed by atoms with Crippen LogP contribution in [0.5, 0.6) is 0 Å². The Bertz CT molecular complexity index is 1100. The molecule has 1 unspecified atom stereocenters. The Balaban J connectivity index is 0.000000145. The van der Waals surface area contributed by atoms with Crippen molar-refractivity contribution in [1.82, 2.24) is 20.5 Å². The molecule has 0 saturated carbocycles. The summed E-state index contributed by atoms with van der Waals surface area (Å²) in [6, 6.07) is 10.9. The zero-order valence-corrected chi connectivity index (χ0v) is 16.3. The molecule has 2 N–H and O–H groups in total. The Labute approximate surface area is 169 Å². The molecule has 3 heterocycles. The standard InChI is InChI=1S/C10H10FNO.C10H7N3O2S/c1-12-5-7-2-3-8(11)4-9(7)10(13)6-12;14-8-7(12-10(15)13-8)9-11-5-3-1-2-4-6(5)16-9/h2-4H,5-6H2,1H3;1-4,7H,(H2,12,13,14,15). The molecule has 3 amide bonds. The van der Waals surface area contributed by atoms with Crippen molar-refractivity contribution in [2.24, 2.45) is 0 Å². The normalized spacial score (nSPS) is 18.7. The number of thiazole rings is 1. The van der Waals surface area contributed by atoms with E-state index in [1.807, 2.05) is 36.2 Å². The van der Waals surface area contributed by atoms with Gasteiger partial charge in [0.15, 0.2) is 11.8 Å². The van der Waals surface area contributed by atoms with Gasteiger partial charge in [0.25, 0.3) is 5.91 Å². The van der Waals surface area contributed by atoms with Crippen LogP contribution in [0.25, 0.3) is 10.2 Å². The van der Waals surface area contributed by atoms with E-state index in [1.165, 1.54) is 23.5 Å². The molecule has 1 fully saturated rings. The number of hydrogen-bond donors (Lipinski definition) is 2. The summed E-state index contributed by atoms with van der Waals surface area (Å²) in [4.78, 5) is 40.1. The number of nitrogens with zero attached hydrogens (tertiary/aromatic N) is 2. The van der Waals surface area contributed by atoms with Crippen molar-refractivity contribution < 1.29 is 18.8 Å². The minimum atomic E-state index is -0.648. The first-order valence-corrected chi connectivity index (χ1v) is 9.69. The van der Waals surface area contributed by atoms with Gasteiger partial charge in [0.1, 0.15) is 10.8 Å². The number of Topliss-reactive ketones (excluding diaryl/α,β-unsaturated/α-hetero) is 1. The second kappa shape index (κ2) is 7.69. The molecule has 2 aliphatic heterocycles. The summed E-state index contributed by atoms with van der Waals surface area (Å²) in [5.41, 5.74) is 2.30. The first-order chi connectivity index (χ1) is 13.9. The monoisotopic (exact) mass is 412 g/mol. The van der Waals surface area contributed by atoms with Gasteiger partial charge in [0, 0.05) is 12.1 Å². The number of amides is 3. The molecule has 0 aliphatic carbocycles. The Morgan fingerprint density at radius 2 is 1.93 bits per heavy atom. The molecule has 1 atom stereocenters. The fourth-order valence-electron chi connectivity index (χ4n) is 3.23. The van der Waals surface area contributed by atoms with Crippen LogP contribution in [-0.2, 0) is 11.3 Å². The maximum atomic E-state index is 12.8. The van der Waals surface area contributed by atoms with E-state index in [1.54, 1.807) is 6.07 Å². The molecule has 2 aliphatic rings. The van der Waals surface area contributed by atoms with E-state index in [9.17, 15) is 18.8 Å². The number of likely N-dealkylation sites (N-methyl/N-ethyl adjacent to an activating group) is 1. The third kappa shape index (κ3) is 4.01. The molecule has 29 heavy (non-hydrogen) atoms. The molecule has 3 aromatic rings. The summed E-state index contributed by atoms with van der Waals surface area (Å²) in [6.07, 6.45) is 0. The van der Waals surface area contributed by atoms with Gasteiger partial charge in [-0.15, -0.1) is 11.3 Å². The van der Waals surface area contributed by atoms with E-state index < -0.39 is 12.1 Å². The van der Waals surface area contributed by atoms with Gasteiger partial charge in [-0.3, -0.25) is 19.8 Å². The van der Waals surface area contributed by atoms with E-state index in [2.05, 4.69) is 15.6 Å². The van der Waals surface area contributed by atoms with E-state index in [-0.39, 0.29) is 17.5 Å². The predicted octanol–water partition coefficient (Wildman–Crippen LogP) is 2.63. The SMILES string of the molecule is CN1CC(=O)c2cc(F)ccc2C1.O=C1NC(=O)C(c2nc3ccccc3s2)N1. The number of imide groups is 1. The summed E-state index contributed by atoms with van der Waals surface area (Å²) in [5.74, 6) is -0.677. The first-order valence-electron chi connectivity index (χ1n) is 8.88. The molecular formula is C20H17FN4O3S. The van der Waals surface area contributed by atoms with Crippen molar-refractivity contribution >= 4 is 39.3 Å². The molecular weight excluding hydrogens is 395 g/mol. The lowest BCUT2D eigenvalue weighted by molar-refractivity contribution is -0.120. The molecule has 5 rings (SSSR count). The average Bonchev–Trinajstić information content (AvgIpc) is 3.25. The van der Waals surface area contributed by atoms with Crippen molar-refractivity contribution in [2.75, 3.05) is 13.6 Å². The van der Waals surface area contributed by atoms with Crippen molar-refractivity contribution in [3.05, 3.63) is 64.4 Å². The number of nitrogens with one attached hydrogen (secondary N) is 2. The maximum absolute atomic E-state index is 12.8. The molecule has 7 nitrogen and oxygen atoms in total. The smallest absolute Gasteiger partial charge is 0.320 e. The van der Waals surface area contributed by atoms with Crippen LogP contribution in [0.4, 0.5) is 9.18 Å².